The number of nitrogens with one attached hydrogen (secondary N) is 1. The van der Waals surface area contributed by atoms with Gasteiger partial charge in [-0.25, -0.2) is 4.39 Å². The Hall–Kier alpha value is -2.46. The molecule has 1 aromatic heterocycles. The number of pyridine rings is 1. The van der Waals surface area contributed by atoms with Crippen LogP contribution in [0, 0.1) is 5.82 Å². The molecular formula is C20H19FN2O. The summed E-state index contributed by atoms with van der Waals surface area (Å²) in [6.07, 6.45) is 4.34. The topological polar surface area (TPSA) is 34.1 Å². The zero-order valence-corrected chi connectivity index (χ0v) is 13.4. The van der Waals surface area contributed by atoms with Gasteiger partial charge in [0.25, 0.3) is 0 Å². The number of aromatic nitrogens is 1. The molecule has 3 aromatic rings. The molecule has 0 atom stereocenters. The first-order valence-corrected chi connectivity index (χ1v) is 8.34. The fraction of sp³-hybridized carbons (Fsp3) is 0.250. The molecule has 122 valence electrons. The normalized spacial score (nSPS) is 13.7. The van der Waals surface area contributed by atoms with Gasteiger partial charge < -0.3 is 0 Å². The molecular weight excluding hydrogens is 303 g/mol. The number of nitrogens with zero attached hydrogens (tertiary/aromatic N) is 1. The third-order valence-electron chi connectivity index (χ3n) is 4.53. The van der Waals surface area contributed by atoms with E-state index in [1.54, 1.807) is 12.1 Å². The van der Waals surface area contributed by atoms with Crippen LogP contribution in [0.1, 0.15) is 29.7 Å². The summed E-state index contributed by atoms with van der Waals surface area (Å²) in [7, 11) is 0. The van der Waals surface area contributed by atoms with E-state index in [2.05, 4.69) is 5.48 Å². The second kappa shape index (κ2) is 6.57. The monoisotopic (exact) mass is 322 g/mol. The molecule has 4 rings (SSSR count). The van der Waals surface area contributed by atoms with E-state index in [0.717, 1.165) is 41.5 Å². The van der Waals surface area contributed by atoms with Crippen LogP contribution in [0.5, 0.6) is 0 Å². The lowest BCUT2D eigenvalue weighted by Gasteiger charge is -2.21. The first-order valence-electron chi connectivity index (χ1n) is 8.34. The number of anilines is 1. The Labute approximate surface area is 140 Å². The van der Waals surface area contributed by atoms with E-state index in [4.69, 9.17) is 9.82 Å². The highest BCUT2D eigenvalue weighted by atomic mass is 19.1. The quantitative estimate of drug-likeness (QED) is 0.701. The Bertz CT molecular complexity index is 879. The maximum Gasteiger partial charge on any atom is 0.128 e. The van der Waals surface area contributed by atoms with E-state index in [0.29, 0.717) is 5.56 Å². The Morgan fingerprint density at radius 1 is 1.00 bits per heavy atom. The summed E-state index contributed by atoms with van der Waals surface area (Å²) in [4.78, 5) is 10.4. The van der Waals surface area contributed by atoms with Gasteiger partial charge in [-0.2, -0.15) is 0 Å². The maximum absolute atomic E-state index is 13.7. The van der Waals surface area contributed by atoms with Crippen molar-refractivity contribution in [1.82, 2.24) is 4.98 Å². The van der Waals surface area contributed by atoms with Crippen LogP contribution in [-0.4, -0.2) is 4.98 Å². The van der Waals surface area contributed by atoms with E-state index in [9.17, 15) is 4.39 Å². The van der Waals surface area contributed by atoms with Crippen LogP contribution in [0.15, 0.2) is 48.5 Å². The Morgan fingerprint density at radius 2 is 1.79 bits per heavy atom. The highest BCUT2D eigenvalue weighted by Gasteiger charge is 2.18. The molecule has 1 N–H and O–H groups in total. The van der Waals surface area contributed by atoms with Crippen LogP contribution in [0.25, 0.3) is 10.9 Å². The molecule has 1 aliphatic rings. The van der Waals surface area contributed by atoms with E-state index in [1.807, 2.05) is 30.3 Å². The van der Waals surface area contributed by atoms with Crippen LogP contribution in [0.3, 0.4) is 0 Å². The van der Waals surface area contributed by atoms with Gasteiger partial charge in [0.2, 0.25) is 0 Å². The smallest absolute Gasteiger partial charge is 0.128 e. The third kappa shape index (κ3) is 2.85. The van der Waals surface area contributed by atoms with Gasteiger partial charge in [-0.05, 0) is 43.4 Å². The second-order valence-electron chi connectivity index (χ2n) is 6.12. The molecule has 0 radical (unpaired) electrons. The van der Waals surface area contributed by atoms with Gasteiger partial charge in [-0.1, -0.05) is 36.4 Å². The molecule has 0 spiro atoms. The van der Waals surface area contributed by atoms with Gasteiger partial charge in [0.05, 0.1) is 11.2 Å². The molecule has 1 aliphatic carbocycles. The minimum absolute atomic E-state index is 0.179. The van der Waals surface area contributed by atoms with Crippen LogP contribution in [0.2, 0.25) is 0 Å². The minimum atomic E-state index is -0.249. The number of benzene rings is 2. The van der Waals surface area contributed by atoms with Gasteiger partial charge in [-0.3, -0.25) is 15.3 Å². The summed E-state index contributed by atoms with van der Waals surface area (Å²) in [6.45, 7) is 0.179. The predicted octanol–water partition coefficient (Wildman–Crippen LogP) is 4.80. The maximum atomic E-state index is 13.7. The van der Waals surface area contributed by atoms with Gasteiger partial charge >= 0.3 is 0 Å². The van der Waals surface area contributed by atoms with Crippen molar-refractivity contribution in [3.63, 3.8) is 0 Å². The SMILES string of the molecule is Fc1ccccc1CONc1c2c(nc3ccccc13)CCCC2. The Balaban J connectivity index is 1.64. The minimum Gasteiger partial charge on any atom is -0.271 e. The number of hydrogen-bond donors (Lipinski definition) is 1. The molecule has 0 fully saturated rings. The summed E-state index contributed by atoms with van der Waals surface area (Å²) in [5, 5.41) is 1.05. The zero-order valence-electron chi connectivity index (χ0n) is 13.4. The first kappa shape index (κ1) is 15.1. The van der Waals surface area contributed by atoms with Crippen LogP contribution >= 0.6 is 0 Å². The van der Waals surface area contributed by atoms with Crippen molar-refractivity contribution in [2.45, 2.75) is 32.3 Å². The van der Waals surface area contributed by atoms with Crippen LogP contribution in [-0.2, 0) is 24.3 Å². The Morgan fingerprint density at radius 3 is 2.71 bits per heavy atom. The largest absolute Gasteiger partial charge is 0.271 e. The molecule has 3 nitrogen and oxygen atoms in total. The van der Waals surface area contributed by atoms with Gasteiger partial charge in [-0.15, -0.1) is 0 Å². The fourth-order valence-electron chi connectivity index (χ4n) is 3.29. The third-order valence-corrected chi connectivity index (χ3v) is 4.53. The van der Waals surface area contributed by atoms with Crippen molar-refractivity contribution >= 4 is 16.6 Å². The number of fused-ring (bicyclic) bond motifs is 2. The zero-order chi connectivity index (χ0) is 16.4. The van der Waals surface area contributed by atoms with Crippen LogP contribution < -0.4 is 5.48 Å². The molecule has 24 heavy (non-hydrogen) atoms. The molecule has 0 unspecified atom stereocenters. The van der Waals surface area contributed by atoms with Crippen LogP contribution in [0.4, 0.5) is 10.1 Å². The predicted molar refractivity (Wildman–Crippen MR) is 93.2 cm³/mol. The average Bonchev–Trinajstić information content (AvgIpc) is 2.62. The van der Waals surface area contributed by atoms with Gasteiger partial charge in [0.15, 0.2) is 0 Å². The van der Waals surface area contributed by atoms with E-state index in [1.165, 1.54) is 18.1 Å². The van der Waals surface area contributed by atoms with Gasteiger partial charge in [0, 0.05) is 16.6 Å². The van der Waals surface area contributed by atoms with E-state index >= 15 is 0 Å². The lowest BCUT2D eigenvalue weighted by molar-refractivity contribution is 0.177. The summed E-state index contributed by atoms with van der Waals surface area (Å²) in [6, 6.07) is 14.7. The van der Waals surface area contributed by atoms with Crippen molar-refractivity contribution < 1.29 is 9.23 Å². The number of para-hydroxylation sites is 1. The molecule has 2 aromatic carbocycles. The lowest BCUT2D eigenvalue weighted by Crippen LogP contribution is -2.12. The van der Waals surface area contributed by atoms with Crippen molar-refractivity contribution in [3.8, 4) is 0 Å². The molecule has 0 amide bonds. The summed E-state index contributed by atoms with van der Waals surface area (Å²) in [5.41, 5.74) is 7.95. The molecule has 0 saturated heterocycles. The summed E-state index contributed by atoms with van der Waals surface area (Å²) >= 11 is 0. The van der Waals surface area contributed by atoms with Gasteiger partial charge in [0.1, 0.15) is 12.4 Å². The summed E-state index contributed by atoms with van der Waals surface area (Å²) < 4.78 is 13.7. The molecule has 0 bridgehead atoms. The number of halogens is 1. The highest BCUT2D eigenvalue weighted by Crippen LogP contribution is 2.33. The fourth-order valence-corrected chi connectivity index (χ4v) is 3.29. The highest BCUT2D eigenvalue weighted by molar-refractivity contribution is 5.93. The standard InChI is InChI=1S/C20H19FN2O/c21-17-10-4-1-7-14(17)13-24-23-20-15-8-2-5-11-18(15)22-19-12-6-3-9-16(19)20/h1-2,4-5,7-8,10-11H,3,6,9,12-13H2,(H,22,23). The van der Waals surface area contributed by atoms with E-state index < -0.39 is 0 Å². The number of rotatable bonds is 4. The molecule has 0 saturated carbocycles. The lowest BCUT2D eigenvalue weighted by atomic mass is 9.93. The van der Waals surface area contributed by atoms with Crippen molar-refractivity contribution in [2.75, 3.05) is 5.48 Å². The van der Waals surface area contributed by atoms with Crippen molar-refractivity contribution in [1.29, 1.82) is 0 Å². The molecule has 0 aliphatic heterocycles. The molecule has 1 heterocycles. The second-order valence-corrected chi connectivity index (χ2v) is 6.12. The summed E-state index contributed by atoms with van der Waals surface area (Å²) in [5.74, 6) is -0.249. The van der Waals surface area contributed by atoms with E-state index in [-0.39, 0.29) is 12.4 Å². The first-order chi connectivity index (χ1) is 11.8. The number of hydrogen-bond acceptors (Lipinski definition) is 3. The molecule has 4 heteroatoms. The number of aryl methyl sites for hydroxylation is 1. The van der Waals surface area contributed by atoms with Crippen molar-refractivity contribution in [3.05, 3.63) is 71.2 Å². The van der Waals surface area contributed by atoms with Crippen molar-refractivity contribution in [2.24, 2.45) is 0 Å². The Kier molecular flexibility index (Phi) is 4.13. The average molecular weight is 322 g/mol.